The van der Waals surface area contributed by atoms with Crippen molar-refractivity contribution < 1.29 is 4.42 Å². The second kappa shape index (κ2) is 6.99. The SMILES string of the molecule is Cc1cn2cc(-c3cc4ccc(N5CCC(N(C)C)C5)cc4oc3=O)cc2c(C)n1. The molecule has 1 fully saturated rings. The second-order valence-electron chi connectivity index (χ2n) is 8.51. The minimum Gasteiger partial charge on any atom is -0.422 e. The molecule has 6 heteroatoms. The summed E-state index contributed by atoms with van der Waals surface area (Å²) in [7, 11) is 4.25. The molecule has 0 N–H and O–H groups in total. The van der Waals surface area contributed by atoms with E-state index in [-0.39, 0.29) is 5.63 Å². The number of hydrogen-bond acceptors (Lipinski definition) is 5. The molecule has 1 atom stereocenters. The Hall–Kier alpha value is -3.12. The van der Waals surface area contributed by atoms with E-state index in [1.807, 2.05) is 54.9 Å². The van der Waals surface area contributed by atoms with Gasteiger partial charge >= 0.3 is 5.63 Å². The van der Waals surface area contributed by atoms with Crippen molar-refractivity contribution in [3.63, 3.8) is 0 Å². The van der Waals surface area contributed by atoms with Gasteiger partial charge in [0.15, 0.2) is 0 Å². The normalized spacial score (nSPS) is 17.0. The molecule has 0 spiro atoms. The van der Waals surface area contributed by atoms with E-state index in [9.17, 15) is 4.79 Å². The lowest BCUT2D eigenvalue weighted by atomic mass is 10.1. The fourth-order valence-electron chi connectivity index (χ4n) is 4.47. The van der Waals surface area contributed by atoms with Gasteiger partial charge in [-0.2, -0.15) is 0 Å². The van der Waals surface area contributed by atoms with Gasteiger partial charge < -0.3 is 18.6 Å². The summed E-state index contributed by atoms with van der Waals surface area (Å²) < 4.78 is 7.78. The molecule has 0 saturated carbocycles. The Morgan fingerprint density at radius 3 is 2.73 bits per heavy atom. The fraction of sp³-hybridized carbons (Fsp3) is 0.333. The van der Waals surface area contributed by atoms with Crippen LogP contribution in [0.1, 0.15) is 17.8 Å². The van der Waals surface area contributed by atoms with Gasteiger partial charge in [-0.15, -0.1) is 0 Å². The van der Waals surface area contributed by atoms with Crippen LogP contribution in [-0.4, -0.2) is 47.5 Å². The lowest BCUT2D eigenvalue weighted by molar-refractivity contribution is 0.315. The van der Waals surface area contributed by atoms with E-state index in [4.69, 9.17) is 4.42 Å². The molecule has 4 aromatic rings. The van der Waals surface area contributed by atoms with E-state index in [2.05, 4.69) is 34.9 Å². The largest absolute Gasteiger partial charge is 0.422 e. The standard InChI is InChI=1S/C24H26N4O2/c1-15-12-28-13-18(10-22(28)16(2)25-15)21-9-17-5-6-19(11-23(17)30-24(21)29)27-8-7-20(14-27)26(3)4/h5-6,9-13,20H,7-8,14H2,1-4H3. The minimum atomic E-state index is -0.314. The molecule has 1 aromatic carbocycles. The molecule has 3 aromatic heterocycles. The van der Waals surface area contributed by atoms with Gasteiger partial charge in [0, 0.05) is 54.2 Å². The van der Waals surface area contributed by atoms with Crippen molar-refractivity contribution in [1.82, 2.24) is 14.3 Å². The van der Waals surface area contributed by atoms with Crippen LogP contribution in [0.2, 0.25) is 0 Å². The van der Waals surface area contributed by atoms with E-state index in [1.54, 1.807) is 0 Å². The number of aromatic nitrogens is 2. The molecule has 1 aliphatic heterocycles. The van der Waals surface area contributed by atoms with E-state index >= 15 is 0 Å². The number of hydrogen-bond donors (Lipinski definition) is 0. The number of fused-ring (bicyclic) bond motifs is 2. The van der Waals surface area contributed by atoms with E-state index < -0.39 is 0 Å². The molecule has 0 radical (unpaired) electrons. The second-order valence-corrected chi connectivity index (χ2v) is 8.51. The number of aryl methyl sites for hydroxylation is 2. The summed E-state index contributed by atoms with van der Waals surface area (Å²) in [6.45, 7) is 5.96. The Balaban J connectivity index is 1.53. The molecule has 0 bridgehead atoms. The van der Waals surface area contributed by atoms with E-state index in [0.717, 1.165) is 53.1 Å². The third kappa shape index (κ3) is 3.17. The van der Waals surface area contributed by atoms with Gasteiger partial charge in [-0.05, 0) is 58.6 Å². The van der Waals surface area contributed by atoms with Crippen molar-refractivity contribution in [2.45, 2.75) is 26.3 Å². The van der Waals surface area contributed by atoms with Crippen molar-refractivity contribution >= 4 is 22.2 Å². The molecule has 0 amide bonds. The molecule has 1 aliphatic rings. The zero-order chi connectivity index (χ0) is 21.0. The molecule has 30 heavy (non-hydrogen) atoms. The van der Waals surface area contributed by atoms with E-state index in [1.165, 1.54) is 0 Å². The quantitative estimate of drug-likeness (QED) is 0.487. The Labute approximate surface area is 175 Å². The van der Waals surface area contributed by atoms with E-state index in [0.29, 0.717) is 17.2 Å². The highest BCUT2D eigenvalue weighted by Crippen LogP contribution is 2.29. The van der Waals surface area contributed by atoms with Crippen molar-refractivity contribution in [2.75, 3.05) is 32.1 Å². The predicted octanol–water partition coefficient (Wildman–Crippen LogP) is 3.86. The van der Waals surface area contributed by atoms with Crippen LogP contribution in [0.25, 0.3) is 27.6 Å². The lowest BCUT2D eigenvalue weighted by Gasteiger charge is -2.22. The number of benzene rings is 1. The first-order valence-corrected chi connectivity index (χ1v) is 10.3. The van der Waals surface area contributed by atoms with Crippen LogP contribution in [0.4, 0.5) is 5.69 Å². The lowest BCUT2D eigenvalue weighted by Crippen LogP contribution is -2.31. The Bertz CT molecular complexity index is 1320. The van der Waals surface area contributed by atoms with Crippen molar-refractivity contribution in [1.29, 1.82) is 0 Å². The van der Waals surface area contributed by atoms with Crippen molar-refractivity contribution in [2.24, 2.45) is 0 Å². The van der Waals surface area contributed by atoms with Gasteiger partial charge in [0.1, 0.15) is 5.58 Å². The molecular weight excluding hydrogens is 376 g/mol. The third-order valence-corrected chi connectivity index (χ3v) is 6.18. The van der Waals surface area contributed by atoms with Crippen LogP contribution in [0.15, 0.2) is 51.9 Å². The average Bonchev–Trinajstić information content (AvgIpc) is 3.34. The van der Waals surface area contributed by atoms with Crippen LogP contribution in [0, 0.1) is 13.8 Å². The van der Waals surface area contributed by atoms with Crippen LogP contribution >= 0.6 is 0 Å². The maximum atomic E-state index is 12.8. The van der Waals surface area contributed by atoms with Crippen molar-refractivity contribution in [3.05, 3.63) is 64.5 Å². The van der Waals surface area contributed by atoms with Gasteiger partial charge in [0.25, 0.3) is 0 Å². The molecule has 6 nitrogen and oxygen atoms in total. The zero-order valence-corrected chi connectivity index (χ0v) is 17.8. The first-order valence-electron chi connectivity index (χ1n) is 10.3. The first-order chi connectivity index (χ1) is 14.4. The highest BCUT2D eigenvalue weighted by molar-refractivity contribution is 5.85. The summed E-state index contributed by atoms with van der Waals surface area (Å²) in [4.78, 5) is 22.0. The highest BCUT2D eigenvalue weighted by atomic mass is 16.4. The molecular formula is C24H26N4O2. The van der Waals surface area contributed by atoms with Gasteiger partial charge in [-0.3, -0.25) is 4.98 Å². The summed E-state index contributed by atoms with van der Waals surface area (Å²) in [6, 6.07) is 10.7. The average molecular weight is 402 g/mol. The number of rotatable bonds is 3. The van der Waals surface area contributed by atoms with Gasteiger partial charge in [0.2, 0.25) is 0 Å². The number of likely N-dealkylation sites (N-methyl/N-ethyl adjacent to an activating group) is 1. The fourth-order valence-corrected chi connectivity index (χ4v) is 4.47. The van der Waals surface area contributed by atoms with Crippen LogP contribution in [0.5, 0.6) is 0 Å². The molecule has 1 unspecified atom stereocenters. The summed E-state index contributed by atoms with van der Waals surface area (Å²) in [5.41, 5.74) is 5.72. The molecule has 154 valence electrons. The smallest absolute Gasteiger partial charge is 0.344 e. The molecule has 1 saturated heterocycles. The third-order valence-electron chi connectivity index (χ3n) is 6.18. The van der Waals surface area contributed by atoms with Gasteiger partial charge in [0.05, 0.1) is 22.5 Å². The topological polar surface area (TPSA) is 54.0 Å². The Morgan fingerprint density at radius 2 is 1.97 bits per heavy atom. The summed E-state index contributed by atoms with van der Waals surface area (Å²) in [6.07, 6.45) is 5.08. The highest BCUT2D eigenvalue weighted by Gasteiger charge is 2.24. The number of nitrogens with zero attached hydrogens (tertiary/aromatic N) is 4. The zero-order valence-electron chi connectivity index (χ0n) is 17.8. The molecule has 0 aliphatic carbocycles. The van der Waals surface area contributed by atoms with Crippen LogP contribution < -0.4 is 10.5 Å². The summed E-state index contributed by atoms with van der Waals surface area (Å²) in [5.74, 6) is 0. The summed E-state index contributed by atoms with van der Waals surface area (Å²) in [5, 5.41) is 0.929. The number of anilines is 1. The Kier molecular flexibility index (Phi) is 4.40. The van der Waals surface area contributed by atoms with Crippen LogP contribution in [-0.2, 0) is 0 Å². The minimum absolute atomic E-state index is 0.314. The maximum Gasteiger partial charge on any atom is 0.344 e. The monoisotopic (exact) mass is 402 g/mol. The van der Waals surface area contributed by atoms with Crippen molar-refractivity contribution in [3.8, 4) is 11.1 Å². The summed E-state index contributed by atoms with van der Waals surface area (Å²) >= 11 is 0. The van der Waals surface area contributed by atoms with Gasteiger partial charge in [-0.1, -0.05) is 0 Å². The van der Waals surface area contributed by atoms with Crippen LogP contribution in [0.3, 0.4) is 0 Å². The maximum absolute atomic E-state index is 12.8. The Morgan fingerprint density at radius 1 is 1.13 bits per heavy atom. The first kappa shape index (κ1) is 18.9. The molecule has 5 rings (SSSR count). The molecule has 4 heterocycles. The van der Waals surface area contributed by atoms with Gasteiger partial charge in [-0.25, -0.2) is 4.79 Å². The predicted molar refractivity (Wildman–Crippen MR) is 120 cm³/mol.